The van der Waals surface area contributed by atoms with E-state index in [-0.39, 0.29) is 0 Å². The molecule has 0 aromatic carbocycles. The van der Waals surface area contributed by atoms with Crippen molar-refractivity contribution in [2.45, 2.75) is 6.92 Å². The lowest BCUT2D eigenvalue weighted by molar-refractivity contribution is 1.07. The summed E-state index contributed by atoms with van der Waals surface area (Å²) in [6, 6.07) is 8.04. The van der Waals surface area contributed by atoms with E-state index in [9.17, 15) is 0 Å². The van der Waals surface area contributed by atoms with Gasteiger partial charge in [0.05, 0.1) is 11.4 Å². The molecule has 17 heavy (non-hydrogen) atoms. The first kappa shape index (κ1) is 12.0. The van der Waals surface area contributed by atoms with Crippen molar-refractivity contribution in [2.75, 3.05) is 19.0 Å². The van der Waals surface area contributed by atoms with Crippen LogP contribution < -0.4 is 4.90 Å². The number of rotatable bonds is 2. The van der Waals surface area contributed by atoms with Crippen LogP contribution in [0, 0.1) is 6.92 Å². The highest BCUT2D eigenvalue weighted by Gasteiger charge is 2.03. The molecule has 2 aromatic rings. The molecule has 3 nitrogen and oxygen atoms in total. The second-order valence-electron chi connectivity index (χ2n) is 4.06. The average Bonchev–Trinajstić information content (AvgIpc) is 2.33. The van der Waals surface area contributed by atoms with Crippen molar-refractivity contribution in [1.29, 1.82) is 0 Å². The lowest BCUT2D eigenvalue weighted by atomic mass is 10.2. The monoisotopic (exact) mass is 291 g/mol. The van der Waals surface area contributed by atoms with E-state index in [0.717, 1.165) is 27.2 Å². The van der Waals surface area contributed by atoms with E-state index in [1.54, 1.807) is 0 Å². The van der Waals surface area contributed by atoms with Crippen LogP contribution in [0.2, 0.25) is 0 Å². The molecule has 0 aliphatic carbocycles. The van der Waals surface area contributed by atoms with Gasteiger partial charge in [0.2, 0.25) is 0 Å². The molecule has 0 bridgehead atoms. The third kappa shape index (κ3) is 2.64. The van der Waals surface area contributed by atoms with Gasteiger partial charge >= 0.3 is 0 Å². The van der Waals surface area contributed by atoms with E-state index in [1.165, 1.54) is 0 Å². The van der Waals surface area contributed by atoms with Gasteiger partial charge in [0.15, 0.2) is 0 Å². The summed E-state index contributed by atoms with van der Waals surface area (Å²) in [6.07, 6.45) is 1.85. The Kier molecular flexibility index (Phi) is 3.43. The van der Waals surface area contributed by atoms with Gasteiger partial charge in [-0.05, 0) is 47.1 Å². The van der Waals surface area contributed by atoms with Crippen molar-refractivity contribution in [2.24, 2.45) is 0 Å². The highest BCUT2D eigenvalue weighted by atomic mass is 79.9. The Morgan fingerprint density at radius 1 is 1.12 bits per heavy atom. The SMILES string of the molecule is Cc1nc(-c2ccc(N(C)C)nc2)ccc1Br. The quantitative estimate of drug-likeness (QED) is 0.850. The summed E-state index contributed by atoms with van der Waals surface area (Å²) < 4.78 is 1.03. The first-order valence-electron chi connectivity index (χ1n) is 5.35. The van der Waals surface area contributed by atoms with E-state index in [1.807, 2.05) is 56.4 Å². The van der Waals surface area contributed by atoms with Crippen LogP contribution in [0.5, 0.6) is 0 Å². The van der Waals surface area contributed by atoms with Crippen molar-refractivity contribution in [3.63, 3.8) is 0 Å². The topological polar surface area (TPSA) is 29.0 Å². The van der Waals surface area contributed by atoms with E-state index in [0.29, 0.717) is 0 Å². The number of aromatic nitrogens is 2. The molecule has 2 aromatic heterocycles. The van der Waals surface area contributed by atoms with Gasteiger partial charge in [-0.25, -0.2) is 4.98 Å². The number of nitrogens with zero attached hydrogens (tertiary/aromatic N) is 3. The fraction of sp³-hybridized carbons (Fsp3) is 0.231. The molecule has 0 unspecified atom stereocenters. The second-order valence-corrected chi connectivity index (χ2v) is 4.92. The number of anilines is 1. The molecule has 0 fully saturated rings. The summed E-state index contributed by atoms with van der Waals surface area (Å²) in [5.41, 5.74) is 2.97. The van der Waals surface area contributed by atoms with Gasteiger partial charge in [-0.2, -0.15) is 0 Å². The highest BCUT2D eigenvalue weighted by molar-refractivity contribution is 9.10. The number of halogens is 1. The molecule has 2 rings (SSSR count). The molecule has 0 saturated carbocycles. The molecule has 0 radical (unpaired) electrons. The van der Waals surface area contributed by atoms with Crippen LogP contribution in [0.15, 0.2) is 34.9 Å². The average molecular weight is 292 g/mol. The third-order valence-electron chi connectivity index (χ3n) is 2.52. The van der Waals surface area contributed by atoms with Gasteiger partial charge in [-0.3, -0.25) is 4.98 Å². The minimum atomic E-state index is 0.947. The minimum Gasteiger partial charge on any atom is -0.363 e. The van der Waals surface area contributed by atoms with Crippen LogP contribution in [0.4, 0.5) is 5.82 Å². The third-order valence-corrected chi connectivity index (χ3v) is 3.36. The summed E-state index contributed by atoms with van der Waals surface area (Å²) >= 11 is 3.45. The molecule has 0 saturated heterocycles. The Morgan fingerprint density at radius 3 is 2.41 bits per heavy atom. The predicted molar refractivity (Wildman–Crippen MR) is 74.2 cm³/mol. The maximum atomic E-state index is 4.52. The zero-order valence-corrected chi connectivity index (χ0v) is 11.7. The number of aryl methyl sites for hydroxylation is 1. The van der Waals surface area contributed by atoms with Crippen molar-refractivity contribution in [3.8, 4) is 11.3 Å². The second kappa shape index (κ2) is 4.84. The zero-order valence-electron chi connectivity index (χ0n) is 10.1. The summed E-state index contributed by atoms with van der Waals surface area (Å²) in [5.74, 6) is 0.947. The van der Waals surface area contributed by atoms with Crippen LogP contribution in [-0.2, 0) is 0 Å². The summed E-state index contributed by atoms with van der Waals surface area (Å²) in [5, 5.41) is 0. The van der Waals surface area contributed by atoms with Crippen LogP contribution in [-0.4, -0.2) is 24.1 Å². The van der Waals surface area contributed by atoms with E-state index >= 15 is 0 Å². The highest BCUT2D eigenvalue weighted by Crippen LogP contribution is 2.22. The van der Waals surface area contributed by atoms with Crippen LogP contribution in [0.3, 0.4) is 0 Å². The predicted octanol–water partition coefficient (Wildman–Crippen LogP) is 3.28. The number of hydrogen-bond acceptors (Lipinski definition) is 3. The molecule has 0 spiro atoms. The van der Waals surface area contributed by atoms with Crippen LogP contribution in [0.1, 0.15) is 5.69 Å². The maximum Gasteiger partial charge on any atom is 0.127 e. The summed E-state index contributed by atoms with van der Waals surface area (Å²) in [7, 11) is 3.95. The fourth-order valence-corrected chi connectivity index (χ4v) is 1.73. The lowest BCUT2D eigenvalue weighted by Crippen LogP contribution is -2.10. The molecule has 0 amide bonds. The number of pyridine rings is 2. The van der Waals surface area contributed by atoms with Crippen molar-refractivity contribution in [3.05, 3.63) is 40.6 Å². The van der Waals surface area contributed by atoms with E-state index in [4.69, 9.17) is 0 Å². The van der Waals surface area contributed by atoms with Crippen molar-refractivity contribution >= 4 is 21.7 Å². The number of hydrogen-bond donors (Lipinski definition) is 0. The largest absolute Gasteiger partial charge is 0.363 e. The van der Waals surface area contributed by atoms with Crippen molar-refractivity contribution < 1.29 is 0 Å². The van der Waals surface area contributed by atoms with Gasteiger partial charge in [0.1, 0.15) is 5.82 Å². The molecule has 0 aliphatic rings. The molecular weight excluding hydrogens is 278 g/mol. The standard InChI is InChI=1S/C13H14BrN3/c1-9-11(14)5-6-12(16-9)10-4-7-13(15-8-10)17(2)3/h4-8H,1-3H3. The molecule has 88 valence electrons. The van der Waals surface area contributed by atoms with Gasteiger partial charge in [-0.15, -0.1) is 0 Å². The molecular formula is C13H14BrN3. The molecule has 0 aliphatic heterocycles. The van der Waals surface area contributed by atoms with E-state index < -0.39 is 0 Å². The Morgan fingerprint density at radius 2 is 1.88 bits per heavy atom. The Hall–Kier alpha value is -1.42. The Bertz CT molecular complexity index is 521. The molecule has 2 heterocycles. The smallest absolute Gasteiger partial charge is 0.127 e. The van der Waals surface area contributed by atoms with Crippen LogP contribution in [0.25, 0.3) is 11.3 Å². The normalized spacial score (nSPS) is 10.4. The van der Waals surface area contributed by atoms with E-state index in [2.05, 4.69) is 25.9 Å². The Balaban J connectivity index is 2.36. The first-order valence-corrected chi connectivity index (χ1v) is 6.14. The molecule has 0 atom stereocenters. The summed E-state index contributed by atoms with van der Waals surface area (Å²) in [4.78, 5) is 10.9. The zero-order chi connectivity index (χ0) is 12.4. The summed E-state index contributed by atoms with van der Waals surface area (Å²) in [6.45, 7) is 1.98. The first-order chi connectivity index (χ1) is 8.08. The fourth-order valence-electron chi connectivity index (χ4n) is 1.51. The molecule has 0 N–H and O–H groups in total. The van der Waals surface area contributed by atoms with Gasteiger partial charge in [0.25, 0.3) is 0 Å². The van der Waals surface area contributed by atoms with Crippen LogP contribution >= 0.6 is 15.9 Å². The van der Waals surface area contributed by atoms with Gasteiger partial charge in [0, 0.05) is 30.3 Å². The lowest BCUT2D eigenvalue weighted by Gasteiger charge is -2.11. The van der Waals surface area contributed by atoms with Gasteiger partial charge < -0.3 is 4.90 Å². The Labute approximate surface area is 110 Å². The maximum absolute atomic E-state index is 4.52. The molecule has 4 heteroatoms. The minimum absolute atomic E-state index is 0.947. The van der Waals surface area contributed by atoms with Crippen molar-refractivity contribution in [1.82, 2.24) is 9.97 Å². The van der Waals surface area contributed by atoms with Gasteiger partial charge in [-0.1, -0.05) is 0 Å².